The van der Waals surface area contributed by atoms with E-state index in [1.165, 1.54) is 0 Å². The van der Waals surface area contributed by atoms with E-state index >= 15 is 0 Å². The minimum atomic E-state index is -0.550. The van der Waals surface area contributed by atoms with E-state index in [1.807, 2.05) is 60.7 Å². The summed E-state index contributed by atoms with van der Waals surface area (Å²) in [5.74, 6) is -0.0526. The molecule has 1 saturated heterocycles. The van der Waals surface area contributed by atoms with Crippen molar-refractivity contribution in [3.63, 3.8) is 0 Å². The van der Waals surface area contributed by atoms with Crippen LogP contribution in [0.1, 0.15) is 11.1 Å². The van der Waals surface area contributed by atoms with Crippen molar-refractivity contribution in [2.45, 2.75) is 19.0 Å². The van der Waals surface area contributed by atoms with Crippen molar-refractivity contribution in [1.29, 1.82) is 0 Å². The van der Waals surface area contributed by atoms with Crippen LogP contribution >= 0.6 is 0 Å². The molecular weight excluding hydrogens is 340 g/mol. The first-order valence-corrected chi connectivity index (χ1v) is 9.28. The van der Waals surface area contributed by atoms with Crippen molar-refractivity contribution in [2.75, 3.05) is 26.2 Å². The molecule has 1 aliphatic heterocycles. The lowest BCUT2D eigenvalue weighted by Gasteiger charge is -2.35. The van der Waals surface area contributed by atoms with Gasteiger partial charge in [0.15, 0.2) is 0 Å². The third-order valence-corrected chi connectivity index (χ3v) is 4.78. The second-order valence-electron chi connectivity index (χ2n) is 6.75. The van der Waals surface area contributed by atoms with Gasteiger partial charge in [0.25, 0.3) is 0 Å². The molecule has 3 amide bonds. The molecule has 0 radical (unpaired) electrons. The fraction of sp³-hybridized carbons (Fsp3) is 0.333. The van der Waals surface area contributed by atoms with Crippen molar-refractivity contribution < 1.29 is 9.59 Å². The normalized spacial score (nSPS) is 15.3. The highest BCUT2D eigenvalue weighted by atomic mass is 16.2. The monoisotopic (exact) mass is 366 g/mol. The van der Waals surface area contributed by atoms with E-state index in [9.17, 15) is 9.59 Å². The Bertz CT molecular complexity index is 743. The highest BCUT2D eigenvalue weighted by Gasteiger charge is 2.27. The first-order valence-electron chi connectivity index (χ1n) is 9.28. The first kappa shape index (κ1) is 18.9. The van der Waals surface area contributed by atoms with Crippen LogP contribution in [-0.4, -0.2) is 54.0 Å². The third-order valence-electron chi connectivity index (χ3n) is 4.78. The van der Waals surface area contributed by atoms with E-state index < -0.39 is 6.04 Å². The molecule has 0 saturated carbocycles. The smallest absolute Gasteiger partial charge is 0.317 e. The zero-order chi connectivity index (χ0) is 19.1. The lowest BCUT2D eigenvalue weighted by atomic mass is 10.1. The lowest BCUT2D eigenvalue weighted by molar-refractivity contribution is -0.134. The van der Waals surface area contributed by atoms with E-state index in [4.69, 9.17) is 5.73 Å². The average molecular weight is 366 g/mol. The number of piperazine rings is 1. The molecule has 2 aromatic rings. The lowest BCUT2D eigenvalue weighted by Crippen LogP contribution is -2.56. The van der Waals surface area contributed by atoms with Crippen LogP contribution in [0.15, 0.2) is 60.7 Å². The number of hydrogen-bond acceptors (Lipinski definition) is 3. The molecule has 2 aromatic carbocycles. The van der Waals surface area contributed by atoms with E-state index in [-0.39, 0.29) is 11.9 Å². The van der Waals surface area contributed by atoms with Crippen LogP contribution in [0, 0.1) is 0 Å². The molecule has 3 N–H and O–H groups in total. The van der Waals surface area contributed by atoms with Gasteiger partial charge in [-0.3, -0.25) is 4.79 Å². The Morgan fingerprint density at radius 2 is 1.37 bits per heavy atom. The number of carbonyl (C=O) groups excluding carboxylic acids is 2. The summed E-state index contributed by atoms with van der Waals surface area (Å²) in [6.07, 6.45) is 0.525. The molecule has 0 unspecified atom stereocenters. The quantitative estimate of drug-likeness (QED) is 0.844. The Morgan fingerprint density at radius 3 is 1.96 bits per heavy atom. The molecule has 1 heterocycles. The Kier molecular flexibility index (Phi) is 6.44. The number of amides is 3. The molecule has 142 valence electrons. The summed E-state index contributed by atoms with van der Waals surface area (Å²) in [4.78, 5) is 28.4. The van der Waals surface area contributed by atoms with Gasteiger partial charge in [-0.05, 0) is 17.5 Å². The minimum absolute atomic E-state index is 0.0526. The van der Waals surface area contributed by atoms with Gasteiger partial charge in [-0.1, -0.05) is 60.7 Å². The second kappa shape index (κ2) is 9.19. The van der Waals surface area contributed by atoms with Crippen LogP contribution in [-0.2, 0) is 17.8 Å². The van der Waals surface area contributed by atoms with Crippen LogP contribution in [0.4, 0.5) is 4.79 Å². The number of carbonyl (C=O) groups is 2. The number of rotatable bonds is 5. The zero-order valence-electron chi connectivity index (χ0n) is 15.4. The van der Waals surface area contributed by atoms with Crippen molar-refractivity contribution in [3.8, 4) is 0 Å². The van der Waals surface area contributed by atoms with Crippen LogP contribution in [0.2, 0.25) is 0 Å². The standard InChI is InChI=1S/C21H26N4O2/c22-19(15-17-7-3-1-4-8-17)20(26)24-11-13-25(14-12-24)21(27)23-16-18-9-5-2-6-10-18/h1-10,19H,11-16,22H2,(H,23,27)/t19-/m1/s1. The first-order chi connectivity index (χ1) is 13.1. The topological polar surface area (TPSA) is 78.7 Å². The Morgan fingerprint density at radius 1 is 0.852 bits per heavy atom. The van der Waals surface area contributed by atoms with Crippen LogP contribution < -0.4 is 11.1 Å². The number of urea groups is 1. The van der Waals surface area contributed by atoms with E-state index in [1.54, 1.807) is 9.80 Å². The van der Waals surface area contributed by atoms with E-state index in [2.05, 4.69) is 5.32 Å². The molecule has 1 aliphatic rings. The van der Waals surface area contributed by atoms with Gasteiger partial charge in [0.05, 0.1) is 6.04 Å². The molecule has 0 aromatic heterocycles. The number of nitrogens with one attached hydrogen (secondary N) is 1. The molecule has 6 nitrogen and oxygen atoms in total. The van der Waals surface area contributed by atoms with Gasteiger partial charge in [-0.25, -0.2) is 4.79 Å². The molecule has 1 atom stereocenters. The summed E-state index contributed by atoms with van der Waals surface area (Å²) in [5.41, 5.74) is 8.22. The molecule has 0 spiro atoms. The van der Waals surface area contributed by atoms with Gasteiger partial charge in [0.2, 0.25) is 5.91 Å². The van der Waals surface area contributed by atoms with Crippen molar-refractivity contribution in [2.24, 2.45) is 5.73 Å². The summed E-state index contributed by atoms with van der Waals surface area (Å²) in [7, 11) is 0. The predicted molar refractivity (Wildman–Crippen MR) is 105 cm³/mol. The summed E-state index contributed by atoms with van der Waals surface area (Å²) in [6.45, 7) is 2.57. The van der Waals surface area contributed by atoms with Crippen LogP contribution in [0.3, 0.4) is 0 Å². The Balaban J connectivity index is 1.43. The average Bonchev–Trinajstić information content (AvgIpc) is 2.73. The summed E-state index contributed by atoms with van der Waals surface area (Å²) >= 11 is 0. The highest BCUT2D eigenvalue weighted by molar-refractivity contribution is 5.82. The van der Waals surface area contributed by atoms with Crippen molar-refractivity contribution in [3.05, 3.63) is 71.8 Å². The number of hydrogen-bond donors (Lipinski definition) is 2. The van der Waals surface area contributed by atoms with E-state index in [0.717, 1.165) is 11.1 Å². The molecule has 6 heteroatoms. The molecule has 3 rings (SSSR count). The van der Waals surface area contributed by atoms with Crippen molar-refractivity contribution >= 4 is 11.9 Å². The number of nitrogens with two attached hydrogens (primary N) is 1. The summed E-state index contributed by atoms with van der Waals surface area (Å²) in [6, 6.07) is 18.9. The molecular formula is C21H26N4O2. The maximum absolute atomic E-state index is 12.6. The minimum Gasteiger partial charge on any atom is -0.338 e. The van der Waals surface area contributed by atoms with Gasteiger partial charge < -0.3 is 20.9 Å². The number of nitrogens with zero attached hydrogens (tertiary/aromatic N) is 2. The Labute approximate surface area is 159 Å². The largest absolute Gasteiger partial charge is 0.338 e. The third kappa shape index (κ3) is 5.31. The van der Waals surface area contributed by atoms with Gasteiger partial charge in [-0.15, -0.1) is 0 Å². The SMILES string of the molecule is N[C@H](Cc1ccccc1)C(=O)N1CCN(C(=O)NCc2ccccc2)CC1. The molecule has 0 bridgehead atoms. The van der Waals surface area contributed by atoms with E-state index in [0.29, 0.717) is 39.1 Å². The van der Waals surface area contributed by atoms with Crippen LogP contribution in [0.25, 0.3) is 0 Å². The predicted octanol–water partition coefficient (Wildman–Crippen LogP) is 1.61. The van der Waals surface area contributed by atoms with Crippen LogP contribution in [0.5, 0.6) is 0 Å². The fourth-order valence-electron chi connectivity index (χ4n) is 3.21. The van der Waals surface area contributed by atoms with Gasteiger partial charge in [0, 0.05) is 32.7 Å². The fourth-order valence-corrected chi connectivity index (χ4v) is 3.21. The van der Waals surface area contributed by atoms with Gasteiger partial charge >= 0.3 is 6.03 Å². The zero-order valence-corrected chi connectivity index (χ0v) is 15.4. The number of benzene rings is 2. The van der Waals surface area contributed by atoms with Crippen molar-refractivity contribution in [1.82, 2.24) is 15.1 Å². The van der Waals surface area contributed by atoms with Gasteiger partial charge in [0.1, 0.15) is 0 Å². The van der Waals surface area contributed by atoms with Gasteiger partial charge in [-0.2, -0.15) is 0 Å². The molecule has 0 aliphatic carbocycles. The Hall–Kier alpha value is -2.86. The highest BCUT2D eigenvalue weighted by Crippen LogP contribution is 2.08. The molecule has 27 heavy (non-hydrogen) atoms. The second-order valence-corrected chi connectivity index (χ2v) is 6.75. The maximum Gasteiger partial charge on any atom is 0.317 e. The molecule has 1 fully saturated rings. The summed E-state index contributed by atoms with van der Waals surface area (Å²) < 4.78 is 0. The summed E-state index contributed by atoms with van der Waals surface area (Å²) in [5, 5.41) is 2.93. The maximum atomic E-state index is 12.6.